The van der Waals surface area contributed by atoms with E-state index in [1.807, 2.05) is 25.1 Å². The molecule has 0 bridgehead atoms. The fraction of sp³-hybridized carbons (Fsp3) is 0.381. The molecule has 2 aromatic heterocycles. The summed E-state index contributed by atoms with van der Waals surface area (Å²) in [5, 5.41) is 2.95. The molecule has 1 fully saturated rings. The maximum absolute atomic E-state index is 12.8. The van der Waals surface area contributed by atoms with Crippen molar-refractivity contribution in [2.45, 2.75) is 51.4 Å². The lowest BCUT2D eigenvalue weighted by atomic mass is 9.85. The average Bonchev–Trinajstić information content (AvgIpc) is 3.14. The molecule has 1 amide bonds. The minimum atomic E-state index is -0.215. The van der Waals surface area contributed by atoms with Gasteiger partial charge in [-0.15, -0.1) is 0 Å². The number of ketones is 1. The van der Waals surface area contributed by atoms with Crippen LogP contribution >= 0.6 is 0 Å². The van der Waals surface area contributed by atoms with Crippen LogP contribution in [0.25, 0.3) is 11.0 Å². The second kappa shape index (κ2) is 6.08. The summed E-state index contributed by atoms with van der Waals surface area (Å²) in [5.74, 6) is 1.51. The maximum Gasteiger partial charge on any atom is 0.272 e. The molecule has 138 valence electrons. The van der Waals surface area contributed by atoms with Gasteiger partial charge in [0.25, 0.3) is 5.91 Å². The fourth-order valence-electron chi connectivity index (χ4n) is 4.18. The maximum atomic E-state index is 12.8. The number of rotatable bonds is 3. The number of carbonyl (C=O) groups is 2. The van der Waals surface area contributed by atoms with Crippen LogP contribution in [-0.2, 0) is 6.42 Å². The van der Waals surface area contributed by atoms with Crippen molar-refractivity contribution in [1.82, 2.24) is 15.0 Å². The van der Waals surface area contributed by atoms with Gasteiger partial charge < -0.3 is 15.3 Å². The Labute approximate surface area is 156 Å². The van der Waals surface area contributed by atoms with Crippen LogP contribution in [0.3, 0.4) is 0 Å². The molecule has 2 aliphatic rings. The van der Waals surface area contributed by atoms with E-state index in [2.05, 4.69) is 20.3 Å². The summed E-state index contributed by atoms with van der Waals surface area (Å²) in [6.07, 6.45) is 5.88. The van der Waals surface area contributed by atoms with Crippen LogP contribution in [0.4, 0.5) is 5.69 Å². The molecule has 0 spiro atoms. The number of amides is 1. The topological polar surface area (TPSA) is 90.6 Å². The molecule has 0 unspecified atom stereocenters. The van der Waals surface area contributed by atoms with Crippen molar-refractivity contribution in [3.05, 3.63) is 46.5 Å². The van der Waals surface area contributed by atoms with Crippen LogP contribution in [-0.4, -0.2) is 26.6 Å². The van der Waals surface area contributed by atoms with Crippen molar-refractivity contribution < 1.29 is 9.59 Å². The lowest BCUT2D eigenvalue weighted by Crippen LogP contribution is -2.14. The molecule has 0 aliphatic heterocycles. The Hall–Kier alpha value is -2.89. The molecular formula is C21H22N4O2. The van der Waals surface area contributed by atoms with Crippen molar-refractivity contribution in [3.63, 3.8) is 0 Å². The highest BCUT2D eigenvalue weighted by atomic mass is 16.2. The Morgan fingerprint density at radius 1 is 1.19 bits per heavy atom. The first-order valence-electron chi connectivity index (χ1n) is 9.66. The van der Waals surface area contributed by atoms with Crippen LogP contribution in [0.5, 0.6) is 0 Å². The predicted molar refractivity (Wildman–Crippen MR) is 103 cm³/mol. The highest BCUT2D eigenvalue weighted by molar-refractivity contribution is 6.08. The Kier molecular flexibility index (Phi) is 3.67. The third kappa shape index (κ3) is 2.67. The molecule has 2 heterocycles. The number of nitrogens with zero attached hydrogens (tertiary/aromatic N) is 1. The molecule has 3 aromatic rings. The lowest BCUT2D eigenvalue weighted by molar-refractivity contribution is 0.0971. The zero-order valence-electron chi connectivity index (χ0n) is 15.3. The first-order chi connectivity index (χ1) is 13.1. The van der Waals surface area contributed by atoms with Gasteiger partial charge in [-0.1, -0.05) is 6.42 Å². The number of benzene rings is 1. The van der Waals surface area contributed by atoms with E-state index < -0.39 is 0 Å². The molecule has 1 saturated carbocycles. The Morgan fingerprint density at radius 2 is 2.04 bits per heavy atom. The van der Waals surface area contributed by atoms with Gasteiger partial charge in [0.1, 0.15) is 11.5 Å². The van der Waals surface area contributed by atoms with Gasteiger partial charge in [0, 0.05) is 29.3 Å². The van der Waals surface area contributed by atoms with E-state index in [1.54, 1.807) is 0 Å². The second-order valence-electron chi connectivity index (χ2n) is 7.69. The quantitative estimate of drug-likeness (QED) is 0.651. The standard InChI is InChI=1S/C21H22N4O2/c1-11-18-15(6-3-7-17(18)26)23-19(11)21(27)22-13-8-9-14-16(10-13)25-20(24-14)12-4-2-5-12/h8-10,12,23H,2-7H2,1H3,(H,22,27)(H,24,25). The number of aryl methyl sites for hydroxylation is 1. The van der Waals surface area contributed by atoms with Crippen LogP contribution < -0.4 is 5.32 Å². The van der Waals surface area contributed by atoms with E-state index in [4.69, 9.17) is 0 Å². The van der Waals surface area contributed by atoms with Crippen LogP contribution in [0.15, 0.2) is 18.2 Å². The van der Waals surface area contributed by atoms with E-state index >= 15 is 0 Å². The Morgan fingerprint density at radius 3 is 2.78 bits per heavy atom. The van der Waals surface area contributed by atoms with Crippen molar-refractivity contribution in [1.29, 1.82) is 0 Å². The summed E-state index contributed by atoms with van der Waals surface area (Å²) in [5.41, 5.74) is 5.41. The Bertz CT molecular complexity index is 1070. The minimum Gasteiger partial charge on any atom is -0.354 e. The molecular weight excluding hydrogens is 340 g/mol. The number of aromatic nitrogens is 3. The van der Waals surface area contributed by atoms with E-state index in [0.717, 1.165) is 46.6 Å². The first-order valence-corrected chi connectivity index (χ1v) is 9.66. The van der Waals surface area contributed by atoms with Crippen molar-refractivity contribution in [3.8, 4) is 0 Å². The second-order valence-corrected chi connectivity index (χ2v) is 7.69. The van der Waals surface area contributed by atoms with Gasteiger partial charge in [-0.25, -0.2) is 4.98 Å². The summed E-state index contributed by atoms with van der Waals surface area (Å²) < 4.78 is 0. The summed E-state index contributed by atoms with van der Waals surface area (Å²) in [6, 6.07) is 5.72. The molecule has 6 nitrogen and oxygen atoms in total. The molecule has 3 N–H and O–H groups in total. The first kappa shape index (κ1) is 16.3. The summed E-state index contributed by atoms with van der Waals surface area (Å²) in [7, 11) is 0. The van der Waals surface area contributed by atoms with Crippen molar-refractivity contribution in [2.24, 2.45) is 0 Å². The number of Topliss-reactive ketones (excluding diaryl/α,β-unsaturated/α-hetero) is 1. The van der Waals surface area contributed by atoms with Crippen LogP contribution in [0.2, 0.25) is 0 Å². The van der Waals surface area contributed by atoms with Gasteiger partial charge >= 0.3 is 0 Å². The number of imidazole rings is 1. The van der Waals surface area contributed by atoms with E-state index in [0.29, 0.717) is 23.6 Å². The number of hydrogen-bond donors (Lipinski definition) is 3. The smallest absolute Gasteiger partial charge is 0.272 e. The van der Waals surface area contributed by atoms with Gasteiger partial charge in [-0.2, -0.15) is 0 Å². The number of anilines is 1. The monoisotopic (exact) mass is 362 g/mol. The zero-order valence-corrected chi connectivity index (χ0v) is 15.3. The van der Waals surface area contributed by atoms with Gasteiger partial charge in [0.05, 0.1) is 11.0 Å². The predicted octanol–water partition coefficient (Wildman–Crippen LogP) is 4.24. The summed E-state index contributed by atoms with van der Waals surface area (Å²) in [6.45, 7) is 1.84. The normalized spacial score (nSPS) is 17.0. The molecule has 6 heteroatoms. The molecule has 27 heavy (non-hydrogen) atoms. The molecule has 1 aromatic carbocycles. The molecule has 0 saturated heterocycles. The van der Waals surface area contributed by atoms with E-state index in [9.17, 15) is 9.59 Å². The third-order valence-corrected chi connectivity index (χ3v) is 5.91. The van der Waals surface area contributed by atoms with Gasteiger partial charge in [0.15, 0.2) is 5.78 Å². The number of H-pyrrole nitrogens is 2. The van der Waals surface area contributed by atoms with Gasteiger partial charge in [0.2, 0.25) is 0 Å². The highest BCUT2D eigenvalue weighted by Gasteiger charge is 2.26. The van der Waals surface area contributed by atoms with Gasteiger partial charge in [-0.3, -0.25) is 9.59 Å². The number of hydrogen-bond acceptors (Lipinski definition) is 3. The molecule has 0 radical (unpaired) electrons. The Balaban J connectivity index is 1.41. The van der Waals surface area contributed by atoms with Crippen LogP contribution in [0, 0.1) is 6.92 Å². The van der Waals surface area contributed by atoms with Crippen LogP contribution in [0.1, 0.15) is 76.0 Å². The van der Waals surface area contributed by atoms with Gasteiger partial charge in [-0.05, 0) is 56.4 Å². The summed E-state index contributed by atoms with van der Waals surface area (Å²) >= 11 is 0. The van der Waals surface area contributed by atoms with Crippen molar-refractivity contribution >= 4 is 28.4 Å². The van der Waals surface area contributed by atoms with E-state index in [1.165, 1.54) is 19.3 Å². The van der Waals surface area contributed by atoms with Crippen molar-refractivity contribution in [2.75, 3.05) is 5.32 Å². The minimum absolute atomic E-state index is 0.131. The SMILES string of the molecule is Cc1c(C(=O)Nc2ccc3nc(C4CCC4)[nH]c3c2)[nH]c2c1C(=O)CCC2. The largest absolute Gasteiger partial charge is 0.354 e. The highest BCUT2D eigenvalue weighted by Crippen LogP contribution is 2.35. The van der Waals surface area contributed by atoms with E-state index in [-0.39, 0.29) is 11.7 Å². The average molecular weight is 362 g/mol. The fourth-order valence-corrected chi connectivity index (χ4v) is 4.18. The number of aromatic amines is 2. The number of carbonyl (C=O) groups excluding carboxylic acids is 2. The number of fused-ring (bicyclic) bond motifs is 2. The molecule has 2 aliphatic carbocycles. The lowest BCUT2D eigenvalue weighted by Gasteiger charge is -2.22. The molecule has 5 rings (SSSR count). The molecule has 0 atom stereocenters. The third-order valence-electron chi connectivity index (χ3n) is 5.91. The summed E-state index contributed by atoms with van der Waals surface area (Å²) in [4.78, 5) is 36.2. The number of nitrogens with one attached hydrogen (secondary N) is 3. The zero-order chi connectivity index (χ0) is 18.5.